The summed E-state index contributed by atoms with van der Waals surface area (Å²) in [6.07, 6.45) is 0. The molecule has 0 aliphatic carbocycles. The molecule has 0 amide bonds. The van der Waals surface area contributed by atoms with E-state index in [1.807, 2.05) is 18.2 Å². The molecule has 0 saturated heterocycles. The average molecular weight is 281 g/mol. The second-order valence-corrected chi connectivity index (χ2v) is 5.06. The molecule has 5 heteroatoms. The van der Waals surface area contributed by atoms with Gasteiger partial charge in [0.2, 0.25) is 0 Å². The molecule has 0 fully saturated rings. The summed E-state index contributed by atoms with van der Waals surface area (Å²) in [5.74, 6) is -0.741. The van der Waals surface area contributed by atoms with Crippen molar-refractivity contribution in [1.29, 1.82) is 0 Å². The first-order chi connectivity index (χ1) is 10.2. The van der Waals surface area contributed by atoms with Crippen LogP contribution in [0.2, 0.25) is 0 Å². The Morgan fingerprint density at radius 2 is 1.95 bits per heavy atom. The van der Waals surface area contributed by atoms with Crippen LogP contribution in [0.25, 0.3) is 11.0 Å². The number of nitrogens with zero attached hydrogens (tertiary/aromatic N) is 3. The van der Waals surface area contributed by atoms with Crippen molar-refractivity contribution in [2.75, 3.05) is 0 Å². The van der Waals surface area contributed by atoms with E-state index in [9.17, 15) is 9.90 Å². The smallest absolute Gasteiger partial charge is 0.337 e. The first-order valence-electron chi connectivity index (χ1n) is 6.77. The van der Waals surface area contributed by atoms with Crippen LogP contribution < -0.4 is 0 Å². The lowest BCUT2D eigenvalue weighted by molar-refractivity contribution is 0.0698. The molecule has 0 radical (unpaired) electrons. The molecule has 0 spiro atoms. The summed E-state index contributed by atoms with van der Waals surface area (Å²) >= 11 is 0. The van der Waals surface area contributed by atoms with E-state index in [4.69, 9.17) is 0 Å². The zero-order chi connectivity index (χ0) is 14.8. The Bertz CT molecular complexity index is 781. The van der Waals surface area contributed by atoms with Gasteiger partial charge in [0.05, 0.1) is 5.56 Å². The van der Waals surface area contributed by atoms with Crippen LogP contribution >= 0.6 is 0 Å². The molecule has 0 aliphatic rings. The number of para-hydroxylation sites is 1. The van der Waals surface area contributed by atoms with E-state index in [2.05, 4.69) is 29.4 Å². The Kier molecular flexibility index (Phi) is 3.39. The number of aromatic carboxylic acids is 1. The fourth-order valence-corrected chi connectivity index (χ4v) is 2.48. The molecule has 0 bridgehead atoms. The van der Waals surface area contributed by atoms with Gasteiger partial charge in [-0.2, -0.15) is 0 Å². The van der Waals surface area contributed by atoms with E-state index in [0.29, 0.717) is 17.6 Å². The summed E-state index contributed by atoms with van der Waals surface area (Å²) in [4.78, 5) is 11.4. The largest absolute Gasteiger partial charge is 0.478 e. The SMILES string of the molecule is CC(Cn1nnc2cccc(C(=O)O)c21)c1ccccc1. The molecule has 2 aromatic carbocycles. The van der Waals surface area contributed by atoms with E-state index in [1.54, 1.807) is 22.9 Å². The lowest BCUT2D eigenvalue weighted by Gasteiger charge is -2.12. The van der Waals surface area contributed by atoms with Gasteiger partial charge in [0.25, 0.3) is 0 Å². The van der Waals surface area contributed by atoms with Crippen LogP contribution in [0.15, 0.2) is 48.5 Å². The molecule has 1 N–H and O–H groups in total. The minimum atomic E-state index is -0.962. The van der Waals surface area contributed by atoms with Crippen molar-refractivity contribution in [3.63, 3.8) is 0 Å². The van der Waals surface area contributed by atoms with Crippen LogP contribution in [0, 0.1) is 0 Å². The molecular formula is C16H15N3O2. The number of benzene rings is 2. The number of hydrogen-bond acceptors (Lipinski definition) is 3. The standard InChI is InChI=1S/C16H15N3O2/c1-11(12-6-3-2-4-7-12)10-19-15-13(16(20)21)8-5-9-14(15)17-18-19/h2-9,11H,10H2,1H3,(H,20,21). The number of fused-ring (bicyclic) bond motifs is 1. The summed E-state index contributed by atoms with van der Waals surface area (Å²) in [7, 11) is 0. The number of carbonyl (C=O) groups is 1. The maximum absolute atomic E-state index is 11.4. The Morgan fingerprint density at radius 3 is 2.67 bits per heavy atom. The molecule has 0 saturated carbocycles. The average Bonchev–Trinajstić information content (AvgIpc) is 2.91. The van der Waals surface area contributed by atoms with Gasteiger partial charge >= 0.3 is 5.97 Å². The summed E-state index contributed by atoms with van der Waals surface area (Å²) in [6.45, 7) is 2.68. The lowest BCUT2D eigenvalue weighted by Crippen LogP contribution is -2.10. The molecule has 21 heavy (non-hydrogen) atoms. The van der Waals surface area contributed by atoms with Crippen LogP contribution in [0.5, 0.6) is 0 Å². The number of aromatic nitrogens is 3. The van der Waals surface area contributed by atoms with Crippen LogP contribution in [-0.2, 0) is 6.54 Å². The predicted molar refractivity (Wildman–Crippen MR) is 79.3 cm³/mol. The van der Waals surface area contributed by atoms with Gasteiger partial charge in [-0.25, -0.2) is 9.48 Å². The third-order valence-corrected chi connectivity index (χ3v) is 3.58. The van der Waals surface area contributed by atoms with Crippen molar-refractivity contribution in [3.8, 4) is 0 Å². The summed E-state index contributed by atoms with van der Waals surface area (Å²) in [5.41, 5.74) is 2.61. The first kappa shape index (κ1) is 13.3. The molecule has 106 valence electrons. The quantitative estimate of drug-likeness (QED) is 0.798. The van der Waals surface area contributed by atoms with Gasteiger partial charge in [-0.15, -0.1) is 5.10 Å². The predicted octanol–water partition coefficient (Wildman–Crippen LogP) is 2.93. The lowest BCUT2D eigenvalue weighted by atomic mass is 10.0. The number of hydrogen-bond donors (Lipinski definition) is 1. The molecule has 1 heterocycles. The molecule has 3 aromatic rings. The molecule has 3 rings (SSSR count). The fraction of sp³-hybridized carbons (Fsp3) is 0.188. The monoisotopic (exact) mass is 281 g/mol. The fourth-order valence-electron chi connectivity index (χ4n) is 2.48. The molecular weight excluding hydrogens is 266 g/mol. The maximum Gasteiger partial charge on any atom is 0.337 e. The van der Waals surface area contributed by atoms with Crippen molar-refractivity contribution in [2.45, 2.75) is 19.4 Å². The highest BCUT2D eigenvalue weighted by Crippen LogP contribution is 2.21. The summed E-state index contributed by atoms with van der Waals surface area (Å²) < 4.78 is 1.68. The normalized spacial score (nSPS) is 12.4. The van der Waals surface area contributed by atoms with Gasteiger partial charge in [0.15, 0.2) is 0 Å². The van der Waals surface area contributed by atoms with E-state index in [0.717, 1.165) is 0 Å². The van der Waals surface area contributed by atoms with E-state index >= 15 is 0 Å². The van der Waals surface area contributed by atoms with E-state index in [-0.39, 0.29) is 11.5 Å². The topological polar surface area (TPSA) is 68.0 Å². The van der Waals surface area contributed by atoms with Crippen molar-refractivity contribution < 1.29 is 9.90 Å². The molecule has 1 atom stereocenters. The van der Waals surface area contributed by atoms with Gasteiger partial charge in [-0.05, 0) is 17.7 Å². The number of carboxylic acids is 1. The third-order valence-electron chi connectivity index (χ3n) is 3.58. The van der Waals surface area contributed by atoms with Crippen molar-refractivity contribution in [3.05, 3.63) is 59.7 Å². The van der Waals surface area contributed by atoms with Gasteiger partial charge in [0, 0.05) is 12.5 Å². The zero-order valence-corrected chi connectivity index (χ0v) is 11.6. The Labute approximate surface area is 121 Å². The second-order valence-electron chi connectivity index (χ2n) is 5.06. The number of rotatable bonds is 4. The Morgan fingerprint density at radius 1 is 1.19 bits per heavy atom. The first-order valence-corrected chi connectivity index (χ1v) is 6.77. The van der Waals surface area contributed by atoms with E-state index < -0.39 is 5.97 Å². The van der Waals surface area contributed by atoms with Crippen LogP contribution in [0.1, 0.15) is 28.8 Å². The molecule has 5 nitrogen and oxygen atoms in total. The van der Waals surface area contributed by atoms with Crippen LogP contribution in [0.3, 0.4) is 0 Å². The second kappa shape index (κ2) is 5.36. The van der Waals surface area contributed by atoms with Gasteiger partial charge < -0.3 is 5.11 Å². The van der Waals surface area contributed by atoms with Crippen molar-refractivity contribution >= 4 is 17.0 Å². The van der Waals surface area contributed by atoms with Crippen LogP contribution in [-0.4, -0.2) is 26.1 Å². The van der Waals surface area contributed by atoms with Crippen molar-refractivity contribution in [1.82, 2.24) is 15.0 Å². The highest BCUT2D eigenvalue weighted by atomic mass is 16.4. The third kappa shape index (κ3) is 2.50. The van der Waals surface area contributed by atoms with Gasteiger partial charge in [-0.3, -0.25) is 0 Å². The highest BCUT2D eigenvalue weighted by molar-refractivity contribution is 6.00. The van der Waals surface area contributed by atoms with Gasteiger partial charge in [-0.1, -0.05) is 48.5 Å². The molecule has 0 aliphatic heterocycles. The number of carboxylic acid groups (broad SMARTS) is 1. The van der Waals surface area contributed by atoms with Gasteiger partial charge in [0.1, 0.15) is 11.0 Å². The molecule has 1 unspecified atom stereocenters. The maximum atomic E-state index is 11.4. The summed E-state index contributed by atoms with van der Waals surface area (Å²) in [6, 6.07) is 15.1. The molecule has 1 aromatic heterocycles. The summed E-state index contributed by atoms with van der Waals surface area (Å²) in [5, 5.41) is 17.5. The van der Waals surface area contributed by atoms with Crippen molar-refractivity contribution in [2.24, 2.45) is 0 Å². The minimum absolute atomic E-state index is 0.220. The highest BCUT2D eigenvalue weighted by Gasteiger charge is 2.16. The minimum Gasteiger partial charge on any atom is -0.478 e. The van der Waals surface area contributed by atoms with Crippen LogP contribution in [0.4, 0.5) is 0 Å². The van der Waals surface area contributed by atoms with E-state index in [1.165, 1.54) is 5.56 Å². The Balaban J connectivity index is 2.00. The zero-order valence-electron chi connectivity index (χ0n) is 11.6. The Hall–Kier alpha value is -2.69.